The SMILES string of the molecule is Cc1cscc1C(=O)N1CCCC1C(N)=NO. The van der Waals surface area contributed by atoms with E-state index < -0.39 is 0 Å². The number of hydrogen-bond acceptors (Lipinski definition) is 4. The molecule has 1 atom stereocenters. The van der Waals surface area contributed by atoms with Gasteiger partial charge in [-0.15, -0.1) is 0 Å². The molecule has 0 radical (unpaired) electrons. The summed E-state index contributed by atoms with van der Waals surface area (Å²) >= 11 is 1.51. The minimum atomic E-state index is -0.271. The first-order chi connectivity index (χ1) is 8.15. The zero-order valence-corrected chi connectivity index (χ0v) is 10.4. The van der Waals surface area contributed by atoms with Crippen molar-refractivity contribution in [2.75, 3.05) is 6.54 Å². The first-order valence-electron chi connectivity index (χ1n) is 5.46. The van der Waals surface area contributed by atoms with Crippen LogP contribution in [0.5, 0.6) is 0 Å². The highest BCUT2D eigenvalue weighted by Crippen LogP contribution is 2.23. The van der Waals surface area contributed by atoms with Crippen LogP contribution in [0.4, 0.5) is 0 Å². The van der Waals surface area contributed by atoms with Gasteiger partial charge in [0.1, 0.15) is 0 Å². The Morgan fingerprint density at radius 1 is 1.65 bits per heavy atom. The third-order valence-electron chi connectivity index (χ3n) is 3.06. The molecule has 0 aromatic carbocycles. The van der Waals surface area contributed by atoms with Crippen LogP contribution in [0.25, 0.3) is 0 Å². The Hall–Kier alpha value is -1.56. The van der Waals surface area contributed by atoms with Crippen molar-refractivity contribution < 1.29 is 10.0 Å². The van der Waals surface area contributed by atoms with E-state index in [1.807, 2.05) is 17.7 Å². The molecule has 3 N–H and O–H groups in total. The molecule has 17 heavy (non-hydrogen) atoms. The molecule has 1 unspecified atom stereocenters. The maximum absolute atomic E-state index is 12.3. The summed E-state index contributed by atoms with van der Waals surface area (Å²) in [6, 6.07) is -0.271. The predicted octanol–water partition coefficient (Wildman–Crippen LogP) is 1.41. The van der Waals surface area contributed by atoms with Gasteiger partial charge in [0.15, 0.2) is 5.84 Å². The highest BCUT2D eigenvalue weighted by Gasteiger charge is 2.32. The number of carbonyl (C=O) groups is 1. The molecule has 2 rings (SSSR count). The molecule has 92 valence electrons. The highest BCUT2D eigenvalue weighted by molar-refractivity contribution is 7.08. The molecule has 0 saturated carbocycles. The van der Waals surface area contributed by atoms with Crippen LogP contribution >= 0.6 is 11.3 Å². The predicted molar refractivity (Wildman–Crippen MR) is 66.5 cm³/mol. The first-order valence-corrected chi connectivity index (χ1v) is 6.40. The third kappa shape index (κ3) is 2.12. The van der Waals surface area contributed by atoms with E-state index in [2.05, 4.69) is 5.16 Å². The van der Waals surface area contributed by atoms with Crippen molar-refractivity contribution >= 4 is 23.1 Å². The van der Waals surface area contributed by atoms with Crippen LogP contribution in [0.15, 0.2) is 15.9 Å². The molecule has 1 aliphatic rings. The smallest absolute Gasteiger partial charge is 0.255 e. The molecule has 1 aromatic rings. The van der Waals surface area contributed by atoms with Crippen molar-refractivity contribution in [2.24, 2.45) is 10.9 Å². The van der Waals surface area contributed by atoms with Gasteiger partial charge in [0.25, 0.3) is 5.91 Å². The molecule has 0 spiro atoms. The number of hydrogen-bond donors (Lipinski definition) is 2. The van der Waals surface area contributed by atoms with Gasteiger partial charge in [-0.2, -0.15) is 11.3 Å². The number of nitrogens with two attached hydrogens (primary N) is 1. The molecule has 1 saturated heterocycles. The molecule has 2 heterocycles. The lowest BCUT2D eigenvalue weighted by Gasteiger charge is -2.23. The van der Waals surface area contributed by atoms with Gasteiger partial charge in [0.05, 0.1) is 11.6 Å². The van der Waals surface area contributed by atoms with Gasteiger partial charge in [-0.25, -0.2) is 0 Å². The molecule has 0 bridgehead atoms. The van der Waals surface area contributed by atoms with E-state index in [4.69, 9.17) is 10.9 Å². The topological polar surface area (TPSA) is 78.9 Å². The lowest BCUT2D eigenvalue weighted by molar-refractivity contribution is 0.0768. The zero-order chi connectivity index (χ0) is 12.4. The number of aryl methyl sites for hydroxylation is 1. The largest absolute Gasteiger partial charge is 0.409 e. The van der Waals surface area contributed by atoms with E-state index in [1.54, 1.807) is 4.90 Å². The number of oxime groups is 1. The Morgan fingerprint density at radius 3 is 3.00 bits per heavy atom. The molecule has 1 aromatic heterocycles. The first kappa shape index (κ1) is 11.9. The van der Waals surface area contributed by atoms with Crippen molar-refractivity contribution in [1.29, 1.82) is 0 Å². The normalized spacial score (nSPS) is 20.9. The summed E-state index contributed by atoms with van der Waals surface area (Å²) in [5, 5.41) is 15.5. The average molecular weight is 253 g/mol. The Balaban J connectivity index is 2.23. The fraction of sp³-hybridized carbons (Fsp3) is 0.455. The number of thiophene rings is 1. The van der Waals surface area contributed by atoms with E-state index in [0.29, 0.717) is 12.1 Å². The van der Waals surface area contributed by atoms with Crippen molar-refractivity contribution in [3.8, 4) is 0 Å². The number of rotatable bonds is 2. The van der Waals surface area contributed by atoms with Crippen LogP contribution in [0.3, 0.4) is 0 Å². The Labute approximate surface area is 104 Å². The monoisotopic (exact) mass is 253 g/mol. The summed E-state index contributed by atoms with van der Waals surface area (Å²) in [6.45, 7) is 2.58. The standard InChI is InChI=1S/C11H15N3O2S/c1-7-5-17-6-8(7)11(15)14-4-2-3-9(14)10(12)13-16/h5-6,9,16H,2-4H2,1H3,(H2,12,13). The maximum Gasteiger partial charge on any atom is 0.255 e. The number of carbonyl (C=O) groups excluding carboxylic acids is 1. The van der Waals surface area contributed by atoms with Crippen LogP contribution in [0.2, 0.25) is 0 Å². The highest BCUT2D eigenvalue weighted by atomic mass is 32.1. The summed E-state index contributed by atoms with van der Waals surface area (Å²) in [5.74, 6) is 0.0848. The van der Waals surface area contributed by atoms with E-state index in [-0.39, 0.29) is 17.8 Å². The summed E-state index contributed by atoms with van der Waals surface area (Å²) in [7, 11) is 0. The summed E-state index contributed by atoms with van der Waals surface area (Å²) in [5.41, 5.74) is 7.30. The summed E-state index contributed by atoms with van der Waals surface area (Å²) in [4.78, 5) is 14.0. The van der Waals surface area contributed by atoms with Crippen LogP contribution in [-0.4, -0.2) is 34.4 Å². The van der Waals surface area contributed by atoms with Crippen molar-refractivity contribution in [1.82, 2.24) is 4.90 Å². The van der Waals surface area contributed by atoms with Crippen LogP contribution < -0.4 is 5.73 Å². The maximum atomic E-state index is 12.3. The fourth-order valence-electron chi connectivity index (χ4n) is 2.12. The molecule has 1 fully saturated rings. The molecule has 5 nitrogen and oxygen atoms in total. The van der Waals surface area contributed by atoms with Crippen LogP contribution in [0.1, 0.15) is 28.8 Å². The van der Waals surface area contributed by atoms with Gasteiger partial charge in [-0.3, -0.25) is 4.79 Å². The van der Waals surface area contributed by atoms with Gasteiger partial charge in [0.2, 0.25) is 0 Å². The second-order valence-electron chi connectivity index (χ2n) is 4.15. The van der Waals surface area contributed by atoms with Crippen molar-refractivity contribution in [3.05, 3.63) is 21.9 Å². The van der Waals surface area contributed by atoms with Gasteiger partial charge in [-0.1, -0.05) is 5.16 Å². The number of likely N-dealkylation sites (tertiary alicyclic amines) is 1. The molecular weight excluding hydrogens is 238 g/mol. The van der Waals surface area contributed by atoms with Crippen LogP contribution in [-0.2, 0) is 0 Å². The summed E-state index contributed by atoms with van der Waals surface area (Å²) in [6.07, 6.45) is 1.64. The molecule has 0 aliphatic carbocycles. The van der Waals surface area contributed by atoms with E-state index in [0.717, 1.165) is 18.4 Å². The van der Waals surface area contributed by atoms with Gasteiger partial charge < -0.3 is 15.8 Å². The lowest BCUT2D eigenvalue weighted by atomic mass is 10.1. The molecule has 1 aliphatic heterocycles. The molecule has 1 amide bonds. The van der Waals surface area contributed by atoms with E-state index in [1.165, 1.54) is 11.3 Å². The average Bonchev–Trinajstić information content (AvgIpc) is 2.95. The Kier molecular flexibility index (Phi) is 3.33. The quantitative estimate of drug-likeness (QED) is 0.362. The summed E-state index contributed by atoms with van der Waals surface area (Å²) < 4.78 is 0. The molecular formula is C11H15N3O2S. The van der Waals surface area contributed by atoms with Crippen LogP contribution in [0, 0.1) is 6.92 Å². The van der Waals surface area contributed by atoms with Crippen molar-refractivity contribution in [2.45, 2.75) is 25.8 Å². The van der Waals surface area contributed by atoms with Gasteiger partial charge >= 0.3 is 0 Å². The zero-order valence-electron chi connectivity index (χ0n) is 9.59. The number of nitrogens with zero attached hydrogens (tertiary/aromatic N) is 2. The molecule has 6 heteroatoms. The Bertz CT molecular complexity index is 455. The second-order valence-corrected chi connectivity index (χ2v) is 4.89. The number of amides is 1. The van der Waals surface area contributed by atoms with Gasteiger partial charge in [0, 0.05) is 11.9 Å². The third-order valence-corrected chi connectivity index (χ3v) is 3.92. The van der Waals surface area contributed by atoms with E-state index in [9.17, 15) is 4.79 Å². The van der Waals surface area contributed by atoms with Crippen molar-refractivity contribution in [3.63, 3.8) is 0 Å². The fourth-order valence-corrected chi connectivity index (χ4v) is 2.94. The number of amidine groups is 1. The second kappa shape index (κ2) is 4.75. The van der Waals surface area contributed by atoms with E-state index >= 15 is 0 Å². The van der Waals surface area contributed by atoms with Gasteiger partial charge in [-0.05, 0) is 30.7 Å². The Morgan fingerprint density at radius 2 is 2.41 bits per heavy atom. The minimum Gasteiger partial charge on any atom is -0.409 e. The lowest BCUT2D eigenvalue weighted by Crippen LogP contribution is -2.43. The minimum absolute atomic E-state index is 0.0298.